The summed E-state index contributed by atoms with van der Waals surface area (Å²) in [6.07, 6.45) is 2.23. The van der Waals surface area contributed by atoms with Crippen LogP contribution in [0.2, 0.25) is 0 Å². The fraction of sp³-hybridized carbons (Fsp3) is 0.545. The largest absolute Gasteiger partial charge is 0.370 e. The summed E-state index contributed by atoms with van der Waals surface area (Å²) >= 11 is 3.11. The van der Waals surface area contributed by atoms with Crippen LogP contribution in [0.25, 0.3) is 0 Å². The van der Waals surface area contributed by atoms with E-state index < -0.39 is 0 Å². The van der Waals surface area contributed by atoms with Gasteiger partial charge in [-0.15, -0.1) is 0 Å². The smallest absolute Gasteiger partial charge is 0.106 e. The molecule has 1 saturated heterocycles. The predicted molar refractivity (Wildman–Crippen MR) is 62.5 cm³/mol. The van der Waals surface area contributed by atoms with Gasteiger partial charge < -0.3 is 4.90 Å². The molecule has 2 heterocycles. The summed E-state index contributed by atoms with van der Waals surface area (Å²) in [5.41, 5.74) is 0.505. The van der Waals surface area contributed by atoms with Crippen molar-refractivity contribution in [1.29, 1.82) is 0 Å². The van der Waals surface area contributed by atoms with E-state index in [9.17, 15) is 0 Å². The first-order valence-electron chi connectivity index (χ1n) is 6.39. The molecule has 1 aliphatic rings. The van der Waals surface area contributed by atoms with Crippen LogP contribution in [0, 0.1) is 5.92 Å². The van der Waals surface area contributed by atoms with Crippen LogP contribution in [-0.4, -0.2) is 18.1 Å². The quantitative estimate of drug-likeness (QED) is 0.719. The molecule has 1 aliphatic heterocycles. The third-order valence-electron chi connectivity index (χ3n) is 2.64. The number of rotatable bonds is 1. The molecular formula is C11H15BrN2. The Labute approximate surface area is 97.7 Å². The van der Waals surface area contributed by atoms with Gasteiger partial charge in [-0.05, 0) is 46.8 Å². The second kappa shape index (κ2) is 4.30. The zero-order valence-electron chi connectivity index (χ0n) is 11.2. The molecule has 2 nitrogen and oxygen atoms in total. The van der Waals surface area contributed by atoms with E-state index >= 15 is 0 Å². The molecule has 76 valence electrons. The standard InChI is InChI=1S/C11H15BrN2/c1-9-4-6-14(7-5-9)10-2-3-11(12)13-8-10/h2-3,8-9H,4-7H2,1H3/i2D,3D,8D. The zero-order chi connectivity index (χ0) is 12.6. The van der Waals surface area contributed by atoms with Crippen molar-refractivity contribution in [3.8, 4) is 0 Å². The highest BCUT2D eigenvalue weighted by Crippen LogP contribution is 2.22. The van der Waals surface area contributed by atoms with Gasteiger partial charge in [0.2, 0.25) is 0 Å². The number of piperidine rings is 1. The summed E-state index contributed by atoms with van der Waals surface area (Å²) in [7, 11) is 0. The summed E-state index contributed by atoms with van der Waals surface area (Å²) in [4.78, 5) is 5.98. The van der Waals surface area contributed by atoms with E-state index in [1.807, 2.05) is 4.90 Å². The minimum Gasteiger partial charge on any atom is -0.370 e. The molecule has 2 rings (SSSR count). The maximum absolute atomic E-state index is 7.94. The van der Waals surface area contributed by atoms with Crippen molar-refractivity contribution in [2.75, 3.05) is 18.0 Å². The van der Waals surface area contributed by atoms with E-state index in [0.29, 0.717) is 11.6 Å². The average molecular weight is 258 g/mol. The number of halogens is 1. The lowest BCUT2D eigenvalue weighted by Crippen LogP contribution is -2.32. The third-order valence-corrected chi connectivity index (χ3v) is 3.02. The fourth-order valence-corrected chi connectivity index (χ4v) is 1.84. The molecule has 3 heteroatoms. The number of hydrogen-bond donors (Lipinski definition) is 0. The first-order chi connectivity index (χ1) is 8.00. The number of anilines is 1. The van der Waals surface area contributed by atoms with E-state index in [1.165, 1.54) is 0 Å². The lowest BCUT2D eigenvalue weighted by Gasteiger charge is -2.31. The number of pyridine rings is 1. The van der Waals surface area contributed by atoms with E-state index in [4.69, 9.17) is 4.11 Å². The normalized spacial score (nSPS) is 21.6. The van der Waals surface area contributed by atoms with Crippen molar-refractivity contribution in [2.45, 2.75) is 19.8 Å². The van der Waals surface area contributed by atoms with Gasteiger partial charge in [-0.25, -0.2) is 4.98 Å². The molecule has 1 aromatic rings. The van der Waals surface area contributed by atoms with E-state index in [1.54, 1.807) is 0 Å². The van der Waals surface area contributed by atoms with Gasteiger partial charge in [0.25, 0.3) is 0 Å². The molecule has 0 radical (unpaired) electrons. The van der Waals surface area contributed by atoms with Gasteiger partial charge in [0.1, 0.15) is 4.60 Å². The molecule has 0 aliphatic carbocycles. The van der Waals surface area contributed by atoms with Crippen molar-refractivity contribution < 1.29 is 4.11 Å². The second-order valence-electron chi connectivity index (χ2n) is 3.78. The Bertz CT molecular complexity index is 431. The van der Waals surface area contributed by atoms with Crippen LogP contribution in [-0.2, 0) is 0 Å². The Morgan fingerprint density at radius 2 is 2.21 bits per heavy atom. The summed E-state index contributed by atoms with van der Waals surface area (Å²) < 4.78 is 23.8. The number of nitrogens with zero attached hydrogens (tertiary/aromatic N) is 2. The first-order valence-corrected chi connectivity index (χ1v) is 5.68. The molecule has 0 atom stereocenters. The summed E-state index contributed by atoms with van der Waals surface area (Å²) in [5.74, 6) is 0.702. The maximum atomic E-state index is 7.94. The molecule has 1 fully saturated rings. The minimum atomic E-state index is 0.0645. The predicted octanol–water partition coefficient (Wildman–Crippen LogP) is 3.08. The van der Waals surface area contributed by atoms with Crippen LogP contribution in [0.4, 0.5) is 5.69 Å². The van der Waals surface area contributed by atoms with Crippen LogP contribution in [0.5, 0.6) is 0 Å². The van der Waals surface area contributed by atoms with E-state index in [2.05, 4.69) is 27.8 Å². The fourth-order valence-electron chi connectivity index (χ4n) is 1.65. The average Bonchev–Trinajstić information content (AvgIpc) is 2.29. The van der Waals surface area contributed by atoms with Gasteiger partial charge in [-0.1, -0.05) is 6.92 Å². The molecule has 1 aromatic heterocycles. The SMILES string of the molecule is [2H]c1nc(Br)c([2H])c([2H])c1N1CCC(C)CC1. The highest BCUT2D eigenvalue weighted by atomic mass is 79.9. The van der Waals surface area contributed by atoms with Gasteiger partial charge in [0.15, 0.2) is 0 Å². The molecule has 0 amide bonds. The third kappa shape index (κ3) is 2.27. The Hall–Kier alpha value is -0.570. The molecule has 0 saturated carbocycles. The van der Waals surface area contributed by atoms with Crippen molar-refractivity contribution in [3.63, 3.8) is 0 Å². The second-order valence-corrected chi connectivity index (χ2v) is 4.53. The van der Waals surface area contributed by atoms with Crippen LogP contribution in [0.3, 0.4) is 0 Å². The summed E-state index contributed by atoms with van der Waals surface area (Å²) in [6, 6.07) is 0.168. The van der Waals surface area contributed by atoms with Gasteiger partial charge in [0, 0.05) is 13.1 Å². The Morgan fingerprint density at radius 1 is 1.50 bits per heavy atom. The Kier molecular flexibility index (Phi) is 2.10. The van der Waals surface area contributed by atoms with E-state index in [-0.39, 0.29) is 22.9 Å². The Balaban J connectivity index is 2.35. The lowest BCUT2D eigenvalue weighted by molar-refractivity contribution is 0.438. The molecule has 0 bridgehead atoms. The molecular weight excluding hydrogens is 240 g/mol. The highest BCUT2D eigenvalue weighted by Gasteiger charge is 2.15. The van der Waals surface area contributed by atoms with Crippen molar-refractivity contribution in [2.24, 2.45) is 5.92 Å². The van der Waals surface area contributed by atoms with Gasteiger partial charge in [-0.2, -0.15) is 0 Å². The van der Waals surface area contributed by atoms with E-state index in [0.717, 1.165) is 25.9 Å². The Morgan fingerprint density at radius 3 is 2.93 bits per heavy atom. The van der Waals surface area contributed by atoms with Crippen LogP contribution >= 0.6 is 15.9 Å². The lowest BCUT2D eigenvalue weighted by atomic mass is 9.99. The topological polar surface area (TPSA) is 16.1 Å². The maximum Gasteiger partial charge on any atom is 0.106 e. The molecule has 0 unspecified atom stereocenters. The van der Waals surface area contributed by atoms with Crippen LogP contribution in [0.15, 0.2) is 22.9 Å². The monoisotopic (exact) mass is 257 g/mol. The van der Waals surface area contributed by atoms with Gasteiger partial charge in [0.05, 0.1) is 16.0 Å². The minimum absolute atomic E-state index is 0.0645. The first kappa shape index (κ1) is 6.83. The summed E-state index contributed by atoms with van der Waals surface area (Å²) in [5, 5.41) is 0. The molecule has 0 aromatic carbocycles. The van der Waals surface area contributed by atoms with Crippen molar-refractivity contribution in [1.82, 2.24) is 4.98 Å². The molecule has 14 heavy (non-hydrogen) atoms. The van der Waals surface area contributed by atoms with Gasteiger partial charge in [-0.3, -0.25) is 0 Å². The summed E-state index contributed by atoms with van der Waals surface area (Å²) in [6.45, 7) is 3.92. The number of aromatic nitrogens is 1. The molecule has 0 spiro atoms. The van der Waals surface area contributed by atoms with Crippen molar-refractivity contribution >= 4 is 21.6 Å². The number of hydrogen-bond acceptors (Lipinski definition) is 2. The highest BCUT2D eigenvalue weighted by molar-refractivity contribution is 9.10. The molecule has 0 N–H and O–H groups in total. The van der Waals surface area contributed by atoms with Gasteiger partial charge >= 0.3 is 0 Å². The van der Waals surface area contributed by atoms with Crippen LogP contribution < -0.4 is 4.90 Å². The van der Waals surface area contributed by atoms with Crippen molar-refractivity contribution in [3.05, 3.63) is 22.9 Å². The van der Waals surface area contributed by atoms with Crippen LogP contribution in [0.1, 0.15) is 23.9 Å². The zero-order valence-corrected chi connectivity index (χ0v) is 9.76.